The van der Waals surface area contributed by atoms with E-state index >= 15 is 0 Å². The van der Waals surface area contributed by atoms with Gasteiger partial charge in [-0.05, 0) is 42.7 Å². The summed E-state index contributed by atoms with van der Waals surface area (Å²) in [6.45, 7) is 4.95. The largest absolute Gasteiger partial charge is 0.350 e. The van der Waals surface area contributed by atoms with Crippen LogP contribution in [0.4, 0.5) is 10.3 Å². The van der Waals surface area contributed by atoms with Crippen LogP contribution in [0.3, 0.4) is 0 Å². The molecule has 0 saturated heterocycles. The van der Waals surface area contributed by atoms with Crippen molar-refractivity contribution in [3.8, 4) is 0 Å². The van der Waals surface area contributed by atoms with E-state index in [2.05, 4.69) is 32.1 Å². The Hall–Kier alpha value is -3.03. The van der Waals surface area contributed by atoms with Gasteiger partial charge in [-0.2, -0.15) is 4.98 Å². The first-order valence-electron chi connectivity index (χ1n) is 10.2. The second kappa shape index (κ2) is 7.09. The molecule has 1 aliphatic heterocycles. The quantitative estimate of drug-likeness (QED) is 0.736. The minimum absolute atomic E-state index is 0.222. The van der Waals surface area contributed by atoms with E-state index in [-0.39, 0.29) is 6.04 Å². The van der Waals surface area contributed by atoms with Crippen LogP contribution in [0.25, 0.3) is 11.2 Å². The predicted molar refractivity (Wildman–Crippen MR) is 109 cm³/mol. The molecule has 2 aliphatic rings. The van der Waals surface area contributed by atoms with Crippen LogP contribution in [0.15, 0.2) is 36.1 Å². The maximum Gasteiger partial charge on any atom is 0.243 e. The van der Waals surface area contributed by atoms with E-state index in [9.17, 15) is 4.39 Å². The summed E-state index contributed by atoms with van der Waals surface area (Å²) in [6.07, 6.45) is 7.70. The van der Waals surface area contributed by atoms with Gasteiger partial charge in [-0.1, -0.05) is 13.0 Å². The number of hydrogen-bond donors (Lipinski definition) is 1. The number of rotatable bonds is 4. The molecule has 3 aromatic rings. The van der Waals surface area contributed by atoms with Gasteiger partial charge in [-0.25, -0.2) is 8.91 Å². The van der Waals surface area contributed by atoms with Crippen molar-refractivity contribution in [2.75, 3.05) is 5.32 Å². The Morgan fingerprint density at radius 2 is 2.21 bits per heavy atom. The fourth-order valence-electron chi connectivity index (χ4n) is 4.28. The van der Waals surface area contributed by atoms with Crippen LogP contribution in [0, 0.1) is 0 Å². The molecule has 4 heterocycles. The van der Waals surface area contributed by atoms with Crippen molar-refractivity contribution < 1.29 is 4.39 Å². The Morgan fingerprint density at radius 3 is 3.03 bits per heavy atom. The molecule has 1 aliphatic carbocycles. The molecule has 0 bridgehead atoms. The molecule has 8 heteroatoms. The number of nitrogens with one attached hydrogen (secondary N) is 1. The molecule has 2 unspecified atom stereocenters. The summed E-state index contributed by atoms with van der Waals surface area (Å²) < 4.78 is 17.7. The highest BCUT2D eigenvalue weighted by Crippen LogP contribution is 2.31. The van der Waals surface area contributed by atoms with E-state index in [4.69, 9.17) is 4.98 Å². The van der Waals surface area contributed by atoms with Gasteiger partial charge in [0.15, 0.2) is 5.65 Å². The van der Waals surface area contributed by atoms with Gasteiger partial charge in [0, 0.05) is 43.6 Å². The molecule has 3 aromatic heterocycles. The zero-order chi connectivity index (χ0) is 20.0. The van der Waals surface area contributed by atoms with Gasteiger partial charge in [0.25, 0.3) is 0 Å². The molecule has 1 N–H and O–H groups in total. The van der Waals surface area contributed by atoms with Crippen molar-refractivity contribution in [1.29, 1.82) is 0 Å². The number of nitrogens with zero attached hydrogens (tertiary/aromatic N) is 6. The third kappa shape index (κ3) is 3.22. The Balaban J connectivity index is 1.41. The highest BCUT2D eigenvalue weighted by molar-refractivity contribution is 5.86. The summed E-state index contributed by atoms with van der Waals surface area (Å²) in [7, 11) is 0. The average Bonchev–Trinajstić information content (AvgIpc) is 3.31. The molecule has 0 amide bonds. The zero-order valence-corrected chi connectivity index (χ0v) is 16.6. The summed E-state index contributed by atoms with van der Waals surface area (Å²) >= 11 is 0. The molecule has 0 aromatic carbocycles. The average molecular weight is 393 g/mol. The molecular weight excluding hydrogens is 369 g/mol. The van der Waals surface area contributed by atoms with Gasteiger partial charge in [0.1, 0.15) is 17.8 Å². The summed E-state index contributed by atoms with van der Waals surface area (Å²) in [6, 6.07) is 4.19. The predicted octanol–water partition coefficient (Wildman–Crippen LogP) is 3.38. The van der Waals surface area contributed by atoms with Crippen molar-refractivity contribution in [2.45, 2.75) is 58.3 Å². The molecule has 7 nitrogen and oxygen atoms in total. The molecule has 5 rings (SSSR count). The number of allylic oxidation sites excluding steroid dienone is 4. The fraction of sp³-hybridized carbons (Fsp3) is 0.429. The van der Waals surface area contributed by atoms with Gasteiger partial charge in [-0.3, -0.25) is 0 Å². The SMILES string of the molecule is CCc1nnc2n1CCC(Nc1nc3c(C4=CCC(F)C=C4C)cccn3n1)C2. The van der Waals surface area contributed by atoms with Crippen LogP contribution in [-0.2, 0) is 19.4 Å². The number of alkyl halides is 1. The van der Waals surface area contributed by atoms with E-state index in [0.29, 0.717) is 12.4 Å². The second-order valence-electron chi connectivity index (χ2n) is 7.72. The van der Waals surface area contributed by atoms with Crippen LogP contribution in [0.1, 0.15) is 43.9 Å². The minimum Gasteiger partial charge on any atom is -0.350 e. The lowest BCUT2D eigenvalue weighted by molar-refractivity contribution is 0.400. The van der Waals surface area contributed by atoms with E-state index in [1.165, 1.54) is 0 Å². The maximum absolute atomic E-state index is 13.7. The highest BCUT2D eigenvalue weighted by atomic mass is 19.1. The monoisotopic (exact) mass is 393 g/mol. The van der Waals surface area contributed by atoms with E-state index in [1.54, 1.807) is 10.6 Å². The fourth-order valence-corrected chi connectivity index (χ4v) is 4.28. The third-order valence-electron chi connectivity index (χ3n) is 5.74. The highest BCUT2D eigenvalue weighted by Gasteiger charge is 2.24. The lowest BCUT2D eigenvalue weighted by Gasteiger charge is -2.23. The first-order chi connectivity index (χ1) is 14.1. The maximum atomic E-state index is 13.7. The summed E-state index contributed by atoms with van der Waals surface area (Å²) in [5.74, 6) is 2.67. The van der Waals surface area contributed by atoms with Gasteiger partial charge in [0.05, 0.1) is 0 Å². The molecule has 0 fully saturated rings. The van der Waals surface area contributed by atoms with E-state index in [1.807, 2.05) is 31.3 Å². The summed E-state index contributed by atoms with van der Waals surface area (Å²) in [5, 5.41) is 16.7. The number of halogens is 1. The van der Waals surface area contributed by atoms with Crippen molar-refractivity contribution >= 4 is 17.2 Å². The number of fused-ring (bicyclic) bond motifs is 2. The topological polar surface area (TPSA) is 72.9 Å². The van der Waals surface area contributed by atoms with Gasteiger partial charge >= 0.3 is 0 Å². The van der Waals surface area contributed by atoms with Crippen LogP contribution in [0.5, 0.6) is 0 Å². The number of aryl methyl sites for hydroxylation is 1. The van der Waals surface area contributed by atoms with Crippen molar-refractivity contribution in [2.24, 2.45) is 0 Å². The number of aromatic nitrogens is 6. The Kier molecular flexibility index (Phi) is 4.41. The molecule has 150 valence electrons. The molecule has 0 radical (unpaired) electrons. The van der Waals surface area contributed by atoms with Gasteiger partial charge in [0.2, 0.25) is 5.95 Å². The first-order valence-corrected chi connectivity index (χ1v) is 10.2. The van der Waals surface area contributed by atoms with Gasteiger partial charge in [-0.15, -0.1) is 15.3 Å². The summed E-state index contributed by atoms with van der Waals surface area (Å²) in [5.41, 5.74) is 3.72. The molecule has 0 saturated carbocycles. The van der Waals surface area contributed by atoms with Crippen molar-refractivity contribution in [3.05, 3.63) is 53.3 Å². The van der Waals surface area contributed by atoms with Crippen molar-refractivity contribution in [3.63, 3.8) is 0 Å². The van der Waals surface area contributed by atoms with Crippen LogP contribution >= 0.6 is 0 Å². The van der Waals surface area contributed by atoms with Gasteiger partial charge < -0.3 is 9.88 Å². The Morgan fingerprint density at radius 1 is 1.31 bits per heavy atom. The first kappa shape index (κ1) is 18.0. The third-order valence-corrected chi connectivity index (χ3v) is 5.74. The van der Waals surface area contributed by atoms with E-state index in [0.717, 1.165) is 59.8 Å². The molecular formula is C21H24FN7. The second-order valence-corrected chi connectivity index (χ2v) is 7.72. The lowest BCUT2D eigenvalue weighted by Crippen LogP contribution is -2.31. The number of pyridine rings is 1. The van der Waals surface area contributed by atoms with Crippen LogP contribution in [-0.4, -0.2) is 41.6 Å². The molecule has 29 heavy (non-hydrogen) atoms. The summed E-state index contributed by atoms with van der Waals surface area (Å²) in [4.78, 5) is 4.75. The Labute approximate surface area is 168 Å². The normalized spacial score (nSPS) is 21.6. The molecule has 0 spiro atoms. The zero-order valence-electron chi connectivity index (χ0n) is 16.6. The van der Waals surface area contributed by atoms with Crippen LogP contribution in [0.2, 0.25) is 0 Å². The van der Waals surface area contributed by atoms with Crippen molar-refractivity contribution in [1.82, 2.24) is 29.4 Å². The lowest BCUT2D eigenvalue weighted by atomic mass is 9.93. The number of anilines is 1. The van der Waals surface area contributed by atoms with Crippen LogP contribution < -0.4 is 5.32 Å². The minimum atomic E-state index is -0.907. The standard InChI is InChI=1S/C21H24FN7/c1-3-18-25-26-19-12-15(8-10-28(18)19)23-21-24-20-17(5-4-9-29(20)27-21)16-7-6-14(22)11-13(16)2/h4-5,7,9,11,14-15H,3,6,8,10,12H2,1-2H3,(H,23,27). The van der Waals surface area contributed by atoms with E-state index < -0.39 is 6.17 Å². The molecule has 2 atom stereocenters. The Bertz CT molecular complexity index is 1120. The number of hydrogen-bond acceptors (Lipinski definition) is 5. The smallest absolute Gasteiger partial charge is 0.243 e.